The standard InChI is InChI=1S/C37H37F4N5O3/c1-34-16-22-18-42-46(26-9-7-25(38)8-10-26)30(22)15-23(34)6-11-27-28-12-13-36(49,35(28,2)17-31(47)33(27)34)32(48)20-45-19-29(43-44-45)21-4-3-5-24(14-21)37(39,40)41/h3-5,7-10,14-15,18-19,27-28,31,33,47,49H,6,11-13,16-17,20H2,1-2H3/t27?,28?,31-,33?,34?,35?,36-/m0/s1. The highest BCUT2D eigenvalue weighted by Crippen LogP contribution is 2.67. The summed E-state index contributed by atoms with van der Waals surface area (Å²) >= 11 is 0. The molecule has 0 amide bonds. The fraction of sp³-hybridized carbons (Fsp3) is 0.459. The minimum absolute atomic E-state index is 0.00739. The summed E-state index contributed by atoms with van der Waals surface area (Å²) < 4.78 is 56.5. The van der Waals surface area contributed by atoms with E-state index in [0.717, 1.165) is 41.9 Å². The van der Waals surface area contributed by atoms with Crippen LogP contribution >= 0.6 is 0 Å². The summed E-state index contributed by atoms with van der Waals surface area (Å²) in [4.78, 5) is 14.0. The number of nitrogens with zero attached hydrogens (tertiary/aromatic N) is 5. The summed E-state index contributed by atoms with van der Waals surface area (Å²) in [7, 11) is 0. The lowest BCUT2D eigenvalue weighted by atomic mass is 9.45. The number of carbonyl (C=O) groups excluding carboxylic acids is 1. The first-order chi connectivity index (χ1) is 23.2. The van der Waals surface area contributed by atoms with Gasteiger partial charge in [0, 0.05) is 11.0 Å². The number of hydrogen-bond acceptors (Lipinski definition) is 6. The van der Waals surface area contributed by atoms with Crippen molar-refractivity contribution >= 4 is 11.9 Å². The number of alkyl halides is 3. The molecule has 0 spiro atoms. The second kappa shape index (κ2) is 10.9. The summed E-state index contributed by atoms with van der Waals surface area (Å²) in [5.74, 6) is -0.731. The Labute approximate surface area is 280 Å². The maximum Gasteiger partial charge on any atom is 0.416 e. The Morgan fingerprint density at radius 2 is 1.88 bits per heavy atom. The van der Waals surface area contributed by atoms with E-state index in [1.165, 1.54) is 40.7 Å². The molecule has 5 unspecified atom stereocenters. The Morgan fingerprint density at radius 1 is 1.10 bits per heavy atom. The van der Waals surface area contributed by atoms with E-state index >= 15 is 0 Å². The van der Waals surface area contributed by atoms with E-state index in [9.17, 15) is 32.6 Å². The van der Waals surface area contributed by atoms with Crippen LogP contribution in [0.1, 0.15) is 62.8 Å². The van der Waals surface area contributed by atoms with Crippen LogP contribution in [0.4, 0.5) is 17.6 Å². The Balaban J connectivity index is 1.03. The number of aliphatic hydroxyl groups excluding tert-OH is 1. The molecule has 2 aromatic carbocycles. The van der Waals surface area contributed by atoms with Crippen molar-refractivity contribution in [2.75, 3.05) is 0 Å². The first-order valence-corrected chi connectivity index (χ1v) is 16.8. The number of aromatic nitrogens is 5. The Kier molecular flexibility index (Phi) is 7.15. The summed E-state index contributed by atoms with van der Waals surface area (Å²) in [5.41, 5.74) is 0.742. The van der Waals surface area contributed by atoms with Crippen molar-refractivity contribution in [2.45, 2.75) is 76.8 Å². The maximum absolute atomic E-state index is 14.0. The normalized spacial score (nSPS) is 32.1. The summed E-state index contributed by atoms with van der Waals surface area (Å²) in [6.45, 7) is 3.86. The van der Waals surface area contributed by atoms with Crippen LogP contribution < -0.4 is 0 Å². The zero-order valence-corrected chi connectivity index (χ0v) is 27.2. The molecule has 2 heterocycles. The lowest BCUT2D eigenvalue weighted by molar-refractivity contribution is -0.180. The van der Waals surface area contributed by atoms with Crippen molar-refractivity contribution in [3.63, 3.8) is 0 Å². The van der Waals surface area contributed by atoms with Crippen molar-refractivity contribution in [3.05, 3.63) is 89.1 Å². The molecule has 7 atom stereocenters. The molecule has 12 heteroatoms. The van der Waals surface area contributed by atoms with E-state index in [4.69, 9.17) is 0 Å². The third-order valence-corrected chi connectivity index (χ3v) is 12.4. The van der Waals surface area contributed by atoms with Crippen molar-refractivity contribution in [1.82, 2.24) is 24.8 Å². The molecule has 3 saturated carbocycles. The van der Waals surface area contributed by atoms with E-state index in [0.29, 0.717) is 12.8 Å². The minimum Gasteiger partial charge on any atom is -0.393 e. The molecule has 4 aromatic rings. The molecule has 0 saturated heterocycles. The van der Waals surface area contributed by atoms with E-state index in [1.807, 2.05) is 17.8 Å². The molecule has 49 heavy (non-hydrogen) atoms. The molecule has 2 aromatic heterocycles. The fourth-order valence-electron chi connectivity index (χ4n) is 10.1. The van der Waals surface area contributed by atoms with E-state index < -0.39 is 34.6 Å². The number of ketones is 1. The lowest BCUT2D eigenvalue weighted by Crippen LogP contribution is -2.62. The second-order valence-electron chi connectivity index (χ2n) is 14.9. The van der Waals surface area contributed by atoms with Crippen molar-refractivity contribution < 1.29 is 32.6 Å². The number of Topliss-reactive ketones (excluding diaryl/α,β-unsaturated/α-hetero) is 1. The number of halogens is 4. The van der Waals surface area contributed by atoms with Gasteiger partial charge in [-0.3, -0.25) is 4.79 Å². The van der Waals surface area contributed by atoms with Gasteiger partial charge in [-0.15, -0.1) is 5.10 Å². The van der Waals surface area contributed by atoms with E-state index in [2.05, 4.69) is 28.4 Å². The van der Waals surface area contributed by atoms with Gasteiger partial charge in [0.05, 0.1) is 35.4 Å². The quantitative estimate of drug-likeness (QED) is 0.236. The van der Waals surface area contributed by atoms with Gasteiger partial charge in [-0.1, -0.05) is 36.8 Å². The zero-order valence-electron chi connectivity index (χ0n) is 27.2. The number of benzene rings is 2. The minimum atomic E-state index is -4.51. The van der Waals surface area contributed by atoms with Gasteiger partial charge in [-0.2, -0.15) is 18.3 Å². The first kappa shape index (κ1) is 32.1. The van der Waals surface area contributed by atoms with Crippen molar-refractivity contribution in [1.29, 1.82) is 0 Å². The Morgan fingerprint density at radius 3 is 2.63 bits per heavy atom. The van der Waals surface area contributed by atoms with Crippen LogP contribution in [0.2, 0.25) is 0 Å². The van der Waals surface area contributed by atoms with Crippen LogP contribution in [-0.4, -0.2) is 52.5 Å². The number of rotatable bonds is 5. The van der Waals surface area contributed by atoms with Gasteiger partial charge in [-0.25, -0.2) is 13.8 Å². The predicted molar refractivity (Wildman–Crippen MR) is 171 cm³/mol. The molecule has 4 aliphatic rings. The van der Waals surface area contributed by atoms with Crippen LogP contribution in [0.5, 0.6) is 0 Å². The SMILES string of the molecule is CC12Cc3cnn(-c4ccc(F)cc4)c3C=C1CCC1C2[C@@H](O)CC2(C)C1CC[C@]2(O)C(=O)Cn1cc(-c2cccc(C(F)(F)F)c2)nn1. The van der Waals surface area contributed by atoms with Gasteiger partial charge in [0.1, 0.15) is 23.7 Å². The van der Waals surface area contributed by atoms with Crippen LogP contribution in [0.15, 0.2) is 66.5 Å². The highest BCUT2D eigenvalue weighted by atomic mass is 19.4. The van der Waals surface area contributed by atoms with Crippen LogP contribution in [0, 0.1) is 34.4 Å². The second-order valence-corrected chi connectivity index (χ2v) is 14.9. The molecule has 4 aliphatic carbocycles. The number of allylic oxidation sites excluding steroid dienone is 1. The molecule has 3 fully saturated rings. The van der Waals surface area contributed by atoms with Crippen LogP contribution in [-0.2, 0) is 23.9 Å². The predicted octanol–water partition coefficient (Wildman–Crippen LogP) is 6.44. The number of carbonyl (C=O) groups is 1. The Bertz CT molecular complexity index is 1990. The lowest BCUT2D eigenvalue weighted by Gasteiger charge is -2.60. The van der Waals surface area contributed by atoms with E-state index in [1.54, 1.807) is 12.1 Å². The highest BCUT2D eigenvalue weighted by molar-refractivity contribution is 5.88. The monoisotopic (exact) mass is 675 g/mol. The molecule has 0 radical (unpaired) electrons. The number of fused-ring (bicyclic) bond motifs is 6. The number of aliphatic hydroxyl groups is 2. The molecule has 8 nitrogen and oxygen atoms in total. The highest BCUT2D eigenvalue weighted by Gasteiger charge is 2.68. The summed E-state index contributed by atoms with van der Waals surface area (Å²) in [6, 6.07) is 11.0. The Hall–Kier alpha value is -4.16. The third kappa shape index (κ3) is 4.85. The fourth-order valence-corrected chi connectivity index (χ4v) is 10.1. The first-order valence-electron chi connectivity index (χ1n) is 16.8. The van der Waals surface area contributed by atoms with Gasteiger partial charge < -0.3 is 10.2 Å². The average Bonchev–Trinajstić information content (AvgIpc) is 3.76. The molecule has 8 rings (SSSR count). The van der Waals surface area contributed by atoms with Crippen molar-refractivity contribution in [3.8, 4) is 16.9 Å². The van der Waals surface area contributed by atoms with Crippen LogP contribution in [0.25, 0.3) is 23.0 Å². The smallest absolute Gasteiger partial charge is 0.393 e. The van der Waals surface area contributed by atoms with Gasteiger partial charge in [-0.05, 0) is 110 Å². The third-order valence-electron chi connectivity index (χ3n) is 12.4. The molecule has 0 aliphatic heterocycles. The van der Waals surface area contributed by atoms with E-state index in [-0.39, 0.29) is 59.6 Å². The summed E-state index contributed by atoms with van der Waals surface area (Å²) in [5, 5.41) is 36.8. The number of hydrogen-bond donors (Lipinski definition) is 2. The molecular weight excluding hydrogens is 638 g/mol. The van der Waals surface area contributed by atoms with Gasteiger partial charge in [0.2, 0.25) is 0 Å². The maximum atomic E-state index is 14.0. The largest absolute Gasteiger partial charge is 0.416 e. The molecule has 256 valence electrons. The van der Waals surface area contributed by atoms with Gasteiger partial charge >= 0.3 is 6.18 Å². The van der Waals surface area contributed by atoms with Gasteiger partial charge in [0.15, 0.2) is 5.78 Å². The van der Waals surface area contributed by atoms with Gasteiger partial charge in [0.25, 0.3) is 0 Å². The topological polar surface area (TPSA) is 106 Å². The average molecular weight is 676 g/mol. The molecule has 2 N–H and O–H groups in total. The molecule has 0 bridgehead atoms. The molecular formula is C37H37F4N5O3. The van der Waals surface area contributed by atoms with Crippen LogP contribution in [0.3, 0.4) is 0 Å². The summed E-state index contributed by atoms with van der Waals surface area (Å²) in [6.07, 6.45) is 3.68. The zero-order chi connectivity index (χ0) is 34.5. The van der Waals surface area contributed by atoms with Crippen molar-refractivity contribution in [2.24, 2.45) is 28.6 Å².